The molecule has 0 bridgehead atoms. The molecule has 6 nitrogen and oxygen atoms in total. The van der Waals surface area contributed by atoms with Crippen LogP contribution in [0.3, 0.4) is 0 Å². The molecule has 25 heavy (non-hydrogen) atoms. The lowest BCUT2D eigenvalue weighted by Crippen LogP contribution is -2.33. The summed E-state index contributed by atoms with van der Waals surface area (Å²) in [6, 6.07) is 9.68. The number of nitriles is 1. The maximum Gasteiger partial charge on any atom is 0.237 e. The summed E-state index contributed by atoms with van der Waals surface area (Å²) < 4.78 is 0.753. The number of nitrogens with zero attached hydrogens (tertiary/aromatic N) is 4. The average Bonchev–Trinajstić information content (AvgIpc) is 3.30. The molecule has 0 aliphatic heterocycles. The summed E-state index contributed by atoms with van der Waals surface area (Å²) in [7, 11) is 0. The van der Waals surface area contributed by atoms with E-state index in [4.69, 9.17) is 16.9 Å². The number of carbonyl (C=O) groups excluding carboxylic acids is 1. The van der Waals surface area contributed by atoms with Crippen molar-refractivity contribution in [2.45, 2.75) is 29.6 Å². The second-order valence-electron chi connectivity index (χ2n) is 5.51. The third-order valence-corrected chi connectivity index (χ3v) is 5.71. The SMILES string of the molecule is N#CCCN(C(=O)CSc1nnc(NC2CC2)s1)c1cccc(Cl)c1. The van der Waals surface area contributed by atoms with Gasteiger partial charge in [0.2, 0.25) is 11.0 Å². The molecule has 1 fully saturated rings. The average molecular weight is 394 g/mol. The van der Waals surface area contributed by atoms with Crippen molar-refractivity contribution < 1.29 is 4.79 Å². The van der Waals surface area contributed by atoms with E-state index >= 15 is 0 Å². The number of benzene rings is 1. The van der Waals surface area contributed by atoms with E-state index in [0.717, 1.165) is 9.47 Å². The lowest BCUT2D eigenvalue weighted by atomic mass is 10.2. The Balaban J connectivity index is 1.61. The van der Waals surface area contributed by atoms with Gasteiger partial charge in [-0.1, -0.05) is 40.8 Å². The molecule has 0 spiro atoms. The van der Waals surface area contributed by atoms with Gasteiger partial charge in [0.15, 0.2) is 4.34 Å². The van der Waals surface area contributed by atoms with Crippen LogP contribution in [-0.4, -0.2) is 34.4 Å². The molecule has 2 aromatic rings. The molecule has 1 heterocycles. The van der Waals surface area contributed by atoms with E-state index in [-0.39, 0.29) is 18.1 Å². The van der Waals surface area contributed by atoms with Gasteiger partial charge in [0, 0.05) is 23.3 Å². The zero-order valence-electron chi connectivity index (χ0n) is 13.3. The third kappa shape index (κ3) is 5.33. The molecule has 0 radical (unpaired) electrons. The van der Waals surface area contributed by atoms with Gasteiger partial charge in [-0.05, 0) is 31.0 Å². The third-order valence-electron chi connectivity index (χ3n) is 3.50. The highest BCUT2D eigenvalue weighted by Crippen LogP contribution is 2.30. The van der Waals surface area contributed by atoms with Crippen LogP contribution in [0.1, 0.15) is 19.3 Å². The molecule has 0 saturated heterocycles. The standard InChI is InChI=1S/C16H16ClN5OS2/c17-11-3-1-4-13(9-11)22(8-2-7-18)14(23)10-24-16-21-20-15(25-16)19-12-5-6-12/h1,3-4,9,12H,2,5-6,8,10H2,(H,19,20). The fourth-order valence-electron chi connectivity index (χ4n) is 2.13. The Bertz CT molecular complexity index is 787. The van der Waals surface area contributed by atoms with Gasteiger partial charge in [0.1, 0.15) is 0 Å². The van der Waals surface area contributed by atoms with Crippen molar-refractivity contribution in [2.75, 3.05) is 22.5 Å². The van der Waals surface area contributed by atoms with Crippen molar-refractivity contribution in [3.8, 4) is 6.07 Å². The number of rotatable bonds is 8. The van der Waals surface area contributed by atoms with Crippen LogP contribution in [0.25, 0.3) is 0 Å². The van der Waals surface area contributed by atoms with Crippen LogP contribution < -0.4 is 10.2 Å². The Labute approximate surface area is 159 Å². The summed E-state index contributed by atoms with van der Waals surface area (Å²) in [5, 5.41) is 21.7. The number of hydrogen-bond acceptors (Lipinski definition) is 7. The normalized spacial score (nSPS) is 13.3. The number of thioether (sulfide) groups is 1. The predicted octanol–water partition coefficient (Wildman–Crippen LogP) is 3.80. The Morgan fingerprint density at radius 3 is 3.04 bits per heavy atom. The number of anilines is 2. The fraction of sp³-hybridized carbons (Fsp3) is 0.375. The quantitative estimate of drug-likeness (QED) is 0.687. The van der Waals surface area contributed by atoms with Crippen molar-refractivity contribution in [2.24, 2.45) is 0 Å². The number of hydrogen-bond donors (Lipinski definition) is 1. The minimum absolute atomic E-state index is 0.0885. The predicted molar refractivity (Wildman–Crippen MR) is 101 cm³/mol. The Hall–Kier alpha value is -1.82. The van der Waals surface area contributed by atoms with Gasteiger partial charge in [-0.2, -0.15) is 5.26 Å². The summed E-state index contributed by atoms with van der Waals surface area (Å²) in [5.74, 6) is 0.144. The van der Waals surface area contributed by atoms with E-state index in [1.807, 2.05) is 6.07 Å². The molecule has 1 aliphatic carbocycles. The maximum atomic E-state index is 12.6. The van der Waals surface area contributed by atoms with Crippen LogP contribution in [0.5, 0.6) is 0 Å². The minimum Gasteiger partial charge on any atom is -0.357 e. The Kier molecular flexibility index (Phi) is 6.13. The Morgan fingerprint density at radius 2 is 2.32 bits per heavy atom. The topological polar surface area (TPSA) is 81.9 Å². The molecule has 0 unspecified atom stereocenters. The van der Waals surface area contributed by atoms with Crippen LogP contribution in [0, 0.1) is 11.3 Å². The first-order valence-electron chi connectivity index (χ1n) is 7.81. The highest BCUT2D eigenvalue weighted by atomic mass is 35.5. The number of halogens is 1. The van der Waals surface area contributed by atoms with Crippen molar-refractivity contribution >= 4 is 51.4 Å². The number of amides is 1. The van der Waals surface area contributed by atoms with Gasteiger partial charge in [-0.25, -0.2) is 0 Å². The van der Waals surface area contributed by atoms with Crippen LogP contribution in [0.4, 0.5) is 10.8 Å². The van der Waals surface area contributed by atoms with Gasteiger partial charge in [0.05, 0.1) is 18.2 Å². The van der Waals surface area contributed by atoms with Gasteiger partial charge >= 0.3 is 0 Å². The Morgan fingerprint density at radius 1 is 1.48 bits per heavy atom. The molecule has 9 heteroatoms. The molecule has 1 aliphatic rings. The first-order chi connectivity index (χ1) is 12.2. The van der Waals surface area contributed by atoms with Crippen LogP contribution in [0.2, 0.25) is 5.02 Å². The summed E-state index contributed by atoms with van der Waals surface area (Å²) in [4.78, 5) is 14.2. The van der Waals surface area contributed by atoms with Gasteiger partial charge in [-0.15, -0.1) is 10.2 Å². The van der Waals surface area contributed by atoms with Gasteiger partial charge in [-0.3, -0.25) is 4.79 Å². The number of nitrogens with one attached hydrogen (secondary N) is 1. The lowest BCUT2D eigenvalue weighted by molar-refractivity contribution is -0.116. The largest absolute Gasteiger partial charge is 0.357 e. The maximum absolute atomic E-state index is 12.6. The van der Waals surface area contributed by atoms with Crippen LogP contribution in [-0.2, 0) is 4.79 Å². The summed E-state index contributed by atoms with van der Waals surface area (Å²) in [6.07, 6.45) is 2.61. The van der Waals surface area contributed by atoms with Crippen molar-refractivity contribution in [3.63, 3.8) is 0 Å². The molecule has 0 atom stereocenters. The molecule has 1 aromatic heterocycles. The summed E-state index contributed by atoms with van der Waals surface area (Å²) >= 11 is 8.83. The van der Waals surface area contributed by atoms with E-state index < -0.39 is 0 Å². The highest BCUT2D eigenvalue weighted by Gasteiger charge is 2.23. The monoisotopic (exact) mass is 393 g/mol. The molecular weight excluding hydrogens is 378 g/mol. The smallest absolute Gasteiger partial charge is 0.237 e. The molecule has 3 rings (SSSR count). The van der Waals surface area contributed by atoms with Crippen molar-refractivity contribution in [1.82, 2.24) is 10.2 Å². The molecule has 1 amide bonds. The van der Waals surface area contributed by atoms with E-state index in [9.17, 15) is 4.79 Å². The second-order valence-corrected chi connectivity index (χ2v) is 8.15. The molecule has 1 N–H and O–H groups in total. The molecule has 130 valence electrons. The van der Waals surface area contributed by atoms with Gasteiger partial charge < -0.3 is 10.2 Å². The van der Waals surface area contributed by atoms with E-state index in [2.05, 4.69) is 21.6 Å². The van der Waals surface area contributed by atoms with E-state index in [1.54, 1.807) is 23.1 Å². The zero-order valence-corrected chi connectivity index (χ0v) is 15.7. The summed E-state index contributed by atoms with van der Waals surface area (Å²) in [6.45, 7) is 0.334. The number of carbonyl (C=O) groups is 1. The first-order valence-corrected chi connectivity index (χ1v) is 9.99. The van der Waals surface area contributed by atoms with Gasteiger partial charge in [0.25, 0.3) is 0 Å². The van der Waals surface area contributed by atoms with Crippen molar-refractivity contribution in [1.29, 1.82) is 5.26 Å². The highest BCUT2D eigenvalue weighted by molar-refractivity contribution is 8.01. The molecule has 1 saturated carbocycles. The zero-order chi connectivity index (χ0) is 17.6. The second kappa shape index (κ2) is 8.52. The first kappa shape index (κ1) is 18.0. The van der Waals surface area contributed by atoms with Crippen LogP contribution in [0.15, 0.2) is 28.6 Å². The number of aromatic nitrogens is 2. The molecular formula is C16H16ClN5OS2. The van der Waals surface area contributed by atoms with E-state index in [0.29, 0.717) is 23.3 Å². The molecule has 1 aromatic carbocycles. The summed E-state index contributed by atoms with van der Waals surface area (Å²) in [5.41, 5.74) is 0.696. The fourth-order valence-corrected chi connectivity index (χ4v) is 4.02. The van der Waals surface area contributed by atoms with Crippen molar-refractivity contribution in [3.05, 3.63) is 29.3 Å². The lowest BCUT2D eigenvalue weighted by Gasteiger charge is -2.21. The van der Waals surface area contributed by atoms with E-state index in [1.165, 1.54) is 35.9 Å². The van der Waals surface area contributed by atoms with Crippen LogP contribution >= 0.6 is 34.7 Å². The minimum atomic E-state index is -0.0885.